The normalized spacial score (nSPS) is 11.4. The van der Waals surface area contributed by atoms with Crippen molar-refractivity contribution in [1.29, 1.82) is 0 Å². The van der Waals surface area contributed by atoms with Crippen LogP contribution in [-0.4, -0.2) is 16.7 Å². The second-order valence-electron chi connectivity index (χ2n) is 6.04. The van der Waals surface area contributed by atoms with Crippen LogP contribution in [0.2, 0.25) is 5.02 Å². The third-order valence-corrected chi connectivity index (χ3v) is 3.85. The minimum Gasteiger partial charge on any atom is -0.348 e. The number of benzene rings is 1. The van der Waals surface area contributed by atoms with Crippen molar-refractivity contribution in [2.45, 2.75) is 34.2 Å². The van der Waals surface area contributed by atoms with Crippen molar-refractivity contribution in [2.24, 2.45) is 11.0 Å². The van der Waals surface area contributed by atoms with Gasteiger partial charge in [-0.1, -0.05) is 31.5 Å². The minimum atomic E-state index is -0.278. The average Bonchev–Trinajstić information content (AvgIpc) is 2.74. The van der Waals surface area contributed by atoms with Gasteiger partial charge in [0.15, 0.2) is 0 Å². The SMILES string of the molecule is Cc1cc(/C=N\NC(=O)c2cccc(Cl)c2)c(C)n1CC(C)C. The van der Waals surface area contributed by atoms with Crippen LogP contribution in [0.1, 0.15) is 41.2 Å². The van der Waals surface area contributed by atoms with Gasteiger partial charge in [-0.3, -0.25) is 4.79 Å². The Morgan fingerprint density at radius 3 is 2.74 bits per heavy atom. The van der Waals surface area contributed by atoms with E-state index in [0.29, 0.717) is 16.5 Å². The fourth-order valence-electron chi connectivity index (χ4n) is 2.46. The summed E-state index contributed by atoms with van der Waals surface area (Å²) in [7, 11) is 0. The summed E-state index contributed by atoms with van der Waals surface area (Å²) in [5.74, 6) is 0.298. The van der Waals surface area contributed by atoms with E-state index >= 15 is 0 Å². The van der Waals surface area contributed by atoms with Gasteiger partial charge in [-0.2, -0.15) is 5.10 Å². The fourth-order valence-corrected chi connectivity index (χ4v) is 2.65. The molecule has 2 rings (SSSR count). The lowest BCUT2D eigenvalue weighted by molar-refractivity contribution is 0.0955. The Labute approximate surface area is 142 Å². The van der Waals surface area contributed by atoms with Gasteiger partial charge in [0.2, 0.25) is 0 Å². The molecule has 0 atom stereocenters. The Morgan fingerprint density at radius 2 is 2.09 bits per heavy atom. The van der Waals surface area contributed by atoms with Gasteiger partial charge in [0.05, 0.1) is 6.21 Å². The van der Waals surface area contributed by atoms with Gasteiger partial charge in [0.25, 0.3) is 5.91 Å². The molecule has 0 aliphatic carbocycles. The van der Waals surface area contributed by atoms with Crippen LogP contribution in [-0.2, 0) is 6.54 Å². The van der Waals surface area contributed by atoms with Crippen molar-refractivity contribution < 1.29 is 4.79 Å². The second kappa shape index (κ2) is 7.47. The predicted molar refractivity (Wildman–Crippen MR) is 95.3 cm³/mol. The summed E-state index contributed by atoms with van der Waals surface area (Å²) in [4.78, 5) is 12.0. The molecule has 1 N–H and O–H groups in total. The Balaban J connectivity index is 2.08. The van der Waals surface area contributed by atoms with E-state index in [1.807, 2.05) is 0 Å². The maximum Gasteiger partial charge on any atom is 0.271 e. The molecule has 4 nitrogen and oxygen atoms in total. The lowest BCUT2D eigenvalue weighted by Crippen LogP contribution is -2.17. The molecule has 0 radical (unpaired) electrons. The van der Waals surface area contributed by atoms with E-state index in [1.54, 1.807) is 30.5 Å². The minimum absolute atomic E-state index is 0.278. The summed E-state index contributed by atoms with van der Waals surface area (Å²) in [6, 6.07) is 8.85. The zero-order valence-electron chi connectivity index (χ0n) is 13.9. The van der Waals surface area contributed by atoms with Crippen LogP contribution in [0.4, 0.5) is 0 Å². The van der Waals surface area contributed by atoms with Gasteiger partial charge in [0, 0.05) is 34.1 Å². The predicted octanol–water partition coefficient (Wildman–Crippen LogP) is 4.18. The number of rotatable bonds is 5. The maximum absolute atomic E-state index is 12.0. The van der Waals surface area contributed by atoms with Crippen molar-refractivity contribution in [1.82, 2.24) is 9.99 Å². The summed E-state index contributed by atoms with van der Waals surface area (Å²) >= 11 is 5.88. The van der Waals surface area contributed by atoms with Crippen LogP contribution in [0.25, 0.3) is 0 Å². The molecule has 0 unspecified atom stereocenters. The first kappa shape index (κ1) is 17.3. The zero-order valence-corrected chi connectivity index (χ0v) is 14.7. The summed E-state index contributed by atoms with van der Waals surface area (Å²) in [5, 5.41) is 4.59. The molecule has 5 heteroatoms. The summed E-state index contributed by atoms with van der Waals surface area (Å²) < 4.78 is 2.27. The molecule has 0 saturated carbocycles. The van der Waals surface area contributed by atoms with E-state index < -0.39 is 0 Å². The second-order valence-corrected chi connectivity index (χ2v) is 6.48. The smallest absolute Gasteiger partial charge is 0.271 e. The molecule has 1 heterocycles. The molecule has 1 aromatic heterocycles. The van der Waals surface area contributed by atoms with Gasteiger partial charge in [-0.25, -0.2) is 5.43 Å². The van der Waals surface area contributed by atoms with Crippen LogP contribution in [0.5, 0.6) is 0 Å². The molecule has 122 valence electrons. The number of aryl methyl sites for hydroxylation is 1. The Bertz CT molecular complexity index is 732. The summed E-state index contributed by atoms with van der Waals surface area (Å²) in [6.07, 6.45) is 1.68. The number of halogens is 1. The van der Waals surface area contributed by atoms with Crippen LogP contribution in [0, 0.1) is 19.8 Å². The third kappa shape index (κ3) is 4.45. The lowest BCUT2D eigenvalue weighted by atomic mass is 10.2. The topological polar surface area (TPSA) is 46.4 Å². The number of carbonyl (C=O) groups excluding carboxylic acids is 1. The fraction of sp³-hybridized carbons (Fsp3) is 0.333. The first-order valence-electron chi connectivity index (χ1n) is 7.64. The van der Waals surface area contributed by atoms with Crippen LogP contribution >= 0.6 is 11.6 Å². The highest BCUT2D eigenvalue weighted by Crippen LogP contribution is 2.15. The first-order valence-corrected chi connectivity index (χ1v) is 8.02. The number of carbonyl (C=O) groups is 1. The Morgan fingerprint density at radius 1 is 1.35 bits per heavy atom. The van der Waals surface area contributed by atoms with Gasteiger partial charge in [-0.15, -0.1) is 0 Å². The Kier molecular flexibility index (Phi) is 5.61. The molecule has 23 heavy (non-hydrogen) atoms. The molecule has 0 spiro atoms. The number of hydrogen-bond acceptors (Lipinski definition) is 2. The molecule has 0 aliphatic rings. The molecule has 0 bridgehead atoms. The van der Waals surface area contributed by atoms with E-state index in [9.17, 15) is 4.79 Å². The lowest BCUT2D eigenvalue weighted by Gasteiger charge is -2.11. The van der Waals surface area contributed by atoms with Crippen molar-refractivity contribution in [3.63, 3.8) is 0 Å². The monoisotopic (exact) mass is 331 g/mol. The molecular weight excluding hydrogens is 310 g/mol. The van der Waals surface area contributed by atoms with Crippen LogP contribution in [0.3, 0.4) is 0 Å². The molecular formula is C18H22ClN3O. The molecule has 0 aliphatic heterocycles. The van der Waals surface area contributed by atoms with E-state index in [-0.39, 0.29) is 5.91 Å². The average molecular weight is 332 g/mol. The van der Waals surface area contributed by atoms with Crippen molar-refractivity contribution in [2.75, 3.05) is 0 Å². The summed E-state index contributed by atoms with van der Waals surface area (Å²) in [5.41, 5.74) is 6.37. The van der Waals surface area contributed by atoms with Crippen LogP contribution in [0.15, 0.2) is 35.4 Å². The Hall–Kier alpha value is -2.07. The molecule has 0 fully saturated rings. The highest BCUT2D eigenvalue weighted by molar-refractivity contribution is 6.30. The first-order chi connectivity index (χ1) is 10.9. The van der Waals surface area contributed by atoms with Crippen molar-refractivity contribution in [3.8, 4) is 0 Å². The van der Waals surface area contributed by atoms with Gasteiger partial charge in [0.1, 0.15) is 0 Å². The van der Waals surface area contributed by atoms with Gasteiger partial charge < -0.3 is 4.57 Å². The van der Waals surface area contributed by atoms with E-state index in [1.165, 1.54) is 5.69 Å². The molecule has 2 aromatic rings. The van der Waals surface area contributed by atoms with Crippen molar-refractivity contribution >= 4 is 23.7 Å². The van der Waals surface area contributed by atoms with Crippen LogP contribution < -0.4 is 5.43 Å². The van der Waals surface area contributed by atoms with Gasteiger partial charge >= 0.3 is 0 Å². The number of aromatic nitrogens is 1. The largest absolute Gasteiger partial charge is 0.348 e. The number of nitrogens with one attached hydrogen (secondary N) is 1. The standard InChI is InChI=1S/C18H22ClN3O/c1-12(2)11-22-13(3)8-16(14(22)4)10-20-21-18(23)15-6-5-7-17(19)9-15/h5-10,12H,11H2,1-4H3,(H,21,23)/b20-10-. The highest BCUT2D eigenvalue weighted by atomic mass is 35.5. The van der Waals surface area contributed by atoms with E-state index in [2.05, 4.69) is 48.9 Å². The molecule has 1 aromatic carbocycles. The van der Waals surface area contributed by atoms with Crippen molar-refractivity contribution in [3.05, 3.63) is 57.9 Å². The van der Waals surface area contributed by atoms with E-state index in [0.717, 1.165) is 17.8 Å². The van der Waals surface area contributed by atoms with Gasteiger partial charge in [-0.05, 0) is 44.0 Å². The highest BCUT2D eigenvalue weighted by Gasteiger charge is 2.09. The number of amides is 1. The summed E-state index contributed by atoms with van der Waals surface area (Å²) in [6.45, 7) is 9.50. The molecule has 1 amide bonds. The third-order valence-electron chi connectivity index (χ3n) is 3.62. The number of nitrogens with zero attached hydrogens (tertiary/aromatic N) is 2. The van der Waals surface area contributed by atoms with E-state index in [4.69, 9.17) is 11.6 Å². The number of hydrogen-bond donors (Lipinski definition) is 1. The zero-order chi connectivity index (χ0) is 17.0. The quantitative estimate of drug-likeness (QED) is 0.648. The number of hydrazone groups is 1. The molecule has 0 saturated heterocycles. The maximum atomic E-state index is 12.0.